The average molecular weight is 422 g/mol. The van der Waals surface area contributed by atoms with Gasteiger partial charge in [-0.05, 0) is 36.6 Å². The van der Waals surface area contributed by atoms with E-state index >= 15 is 0 Å². The van der Waals surface area contributed by atoms with E-state index in [0.29, 0.717) is 5.56 Å². The predicted octanol–water partition coefficient (Wildman–Crippen LogP) is 4.26. The van der Waals surface area contributed by atoms with Crippen molar-refractivity contribution in [2.75, 3.05) is 14.2 Å². The molecule has 1 fully saturated rings. The molecular weight excluding hydrogens is 396 g/mol. The van der Waals surface area contributed by atoms with Gasteiger partial charge in [0, 0.05) is 23.8 Å². The lowest BCUT2D eigenvalue weighted by atomic mass is 9.78. The number of carbonyl (C=O) groups is 2. The van der Waals surface area contributed by atoms with E-state index in [1.54, 1.807) is 7.11 Å². The summed E-state index contributed by atoms with van der Waals surface area (Å²) in [7, 11) is 2.95. The minimum Gasteiger partial charge on any atom is -0.497 e. The molecule has 0 bridgehead atoms. The Morgan fingerprint density at radius 3 is 2.42 bits per heavy atom. The third-order valence-electron chi connectivity index (χ3n) is 5.93. The lowest BCUT2D eigenvalue weighted by Gasteiger charge is -2.42. The van der Waals surface area contributed by atoms with E-state index < -0.39 is 12.3 Å². The van der Waals surface area contributed by atoms with E-state index in [-0.39, 0.29) is 35.9 Å². The van der Waals surface area contributed by atoms with Crippen LogP contribution in [-0.4, -0.2) is 38.4 Å². The Morgan fingerprint density at radius 2 is 1.74 bits per heavy atom. The van der Waals surface area contributed by atoms with Crippen LogP contribution in [0.25, 0.3) is 0 Å². The second-order valence-corrected chi connectivity index (χ2v) is 7.80. The van der Waals surface area contributed by atoms with Crippen molar-refractivity contribution >= 4 is 11.8 Å². The summed E-state index contributed by atoms with van der Waals surface area (Å²) in [4.78, 5) is 24.8. The fourth-order valence-electron chi connectivity index (χ4n) is 4.27. The topological polar surface area (TPSA) is 71.1 Å². The normalized spacial score (nSPS) is 24.9. The number of rotatable bonds is 6. The van der Waals surface area contributed by atoms with Gasteiger partial charge in [0.1, 0.15) is 5.75 Å². The molecule has 0 N–H and O–H groups in total. The highest BCUT2D eigenvalue weighted by Gasteiger charge is 2.43. The molecule has 1 saturated heterocycles. The van der Waals surface area contributed by atoms with E-state index in [4.69, 9.17) is 18.9 Å². The Hall–Kier alpha value is -3.12. The van der Waals surface area contributed by atoms with Gasteiger partial charge in [-0.2, -0.15) is 0 Å². The molecular formula is C25H26O6. The van der Waals surface area contributed by atoms with E-state index in [1.807, 2.05) is 60.7 Å². The molecule has 2 heterocycles. The molecule has 6 heteroatoms. The lowest BCUT2D eigenvalue weighted by Crippen LogP contribution is -2.43. The van der Waals surface area contributed by atoms with Crippen molar-refractivity contribution in [1.82, 2.24) is 0 Å². The molecule has 0 spiro atoms. The maximum atomic E-state index is 12.6. The highest BCUT2D eigenvalue weighted by molar-refractivity contribution is 5.96. The molecule has 4 rings (SSSR count). The van der Waals surface area contributed by atoms with Crippen molar-refractivity contribution in [2.45, 2.75) is 37.6 Å². The third kappa shape index (κ3) is 4.64. The van der Waals surface area contributed by atoms with Gasteiger partial charge >= 0.3 is 5.97 Å². The Labute approximate surface area is 181 Å². The van der Waals surface area contributed by atoms with Crippen LogP contribution in [0.5, 0.6) is 5.75 Å². The second-order valence-electron chi connectivity index (χ2n) is 7.80. The molecule has 0 aliphatic carbocycles. The number of fused-ring (bicyclic) bond motifs is 1. The van der Waals surface area contributed by atoms with Crippen LogP contribution in [0.1, 0.15) is 41.1 Å². The first-order valence-electron chi connectivity index (χ1n) is 10.4. The maximum Gasteiger partial charge on any atom is 0.373 e. The summed E-state index contributed by atoms with van der Waals surface area (Å²) in [5.41, 5.74) is 1.71. The van der Waals surface area contributed by atoms with Crippen LogP contribution < -0.4 is 4.74 Å². The van der Waals surface area contributed by atoms with Crippen molar-refractivity contribution in [3.8, 4) is 5.75 Å². The predicted molar refractivity (Wildman–Crippen MR) is 114 cm³/mol. The van der Waals surface area contributed by atoms with Crippen molar-refractivity contribution < 1.29 is 28.5 Å². The molecule has 0 aromatic heterocycles. The van der Waals surface area contributed by atoms with Gasteiger partial charge in [0.2, 0.25) is 12.0 Å². The van der Waals surface area contributed by atoms with Crippen molar-refractivity contribution in [3.05, 3.63) is 77.6 Å². The highest BCUT2D eigenvalue weighted by atomic mass is 16.7. The SMILES string of the molecule is COC(=O)C1=C[C@H](c2ccc(OC)cc2)[C@H]2CC[C@H](CC(=O)c3ccccc3)O[C@H]2O1. The molecule has 2 aliphatic rings. The van der Waals surface area contributed by atoms with Crippen LogP contribution in [0.4, 0.5) is 0 Å². The van der Waals surface area contributed by atoms with Crippen LogP contribution in [0.15, 0.2) is 66.4 Å². The molecule has 2 aromatic carbocycles. The Bertz CT molecular complexity index is 950. The summed E-state index contributed by atoms with van der Waals surface area (Å²) in [5, 5.41) is 0. The van der Waals surface area contributed by atoms with Crippen LogP contribution in [0.3, 0.4) is 0 Å². The van der Waals surface area contributed by atoms with Gasteiger partial charge in [0.05, 0.1) is 20.3 Å². The number of benzene rings is 2. The number of carbonyl (C=O) groups excluding carboxylic acids is 2. The van der Waals surface area contributed by atoms with Gasteiger partial charge in [0.25, 0.3) is 0 Å². The molecule has 0 radical (unpaired) electrons. The first-order valence-corrected chi connectivity index (χ1v) is 10.4. The van der Waals surface area contributed by atoms with Gasteiger partial charge in [0.15, 0.2) is 5.78 Å². The highest BCUT2D eigenvalue weighted by Crippen LogP contribution is 2.43. The van der Waals surface area contributed by atoms with Gasteiger partial charge in [-0.1, -0.05) is 42.5 Å². The van der Waals surface area contributed by atoms with E-state index in [2.05, 4.69) is 0 Å². The van der Waals surface area contributed by atoms with Crippen molar-refractivity contribution in [2.24, 2.45) is 5.92 Å². The maximum absolute atomic E-state index is 12.6. The van der Waals surface area contributed by atoms with Gasteiger partial charge in [-0.3, -0.25) is 4.79 Å². The van der Waals surface area contributed by atoms with Gasteiger partial charge in [-0.15, -0.1) is 0 Å². The molecule has 6 nitrogen and oxygen atoms in total. The molecule has 0 saturated carbocycles. The molecule has 162 valence electrons. The summed E-state index contributed by atoms with van der Waals surface area (Å²) in [5.74, 6) is 0.372. The molecule has 0 amide bonds. The van der Waals surface area contributed by atoms with E-state index in [1.165, 1.54) is 7.11 Å². The molecule has 2 aromatic rings. The number of hydrogen-bond acceptors (Lipinski definition) is 6. The second kappa shape index (κ2) is 9.35. The number of Topliss-reactive ketones (excluding diaryl/α,β-unsaturated/α-hetero) is 1. The van der Waals surface area contributed by atoms with E-state index in [0.717, 1.165) is 24.2 Å². The number of methoxy groups -OCH3 is 2. The minimum absolute atomic E-state index is 0.0323. The van der Waals surface area contributed by atoms with Gasteiger partial charge in [-0.25, -0.2) is 4.79 Å². The third-order valence-corrected chi connectivity index (χ3v) is 5.93. The quantitative estimate of drug-likeness (QED) is 0.512. The first kappa shape index (κ1) is 21.1. The smallest absolute Gasteiger partial charge is 0.373 e. The van der Waals surface area contributed by atoms with Crippen LogP contribution >= 0.6 is 0 Å². The monoisotopic (exact) mass is 422 g/mol. The summed E-state index contributed by atoms with van der Waals surface area (Å²) in [6.45, 7) is 0. The zero-order chi connectivity index (χ0) is 21.8. The first-order chi connectivity index (χ1) is 15.1. The molecule has 31 heavy (non-hydrogen) atoms. The fraction of sp³-hybridized carbons (Fsp3) is 0.360. The average Bonchev–Trinajstić information content (AvgIpc) is 2.83. The number of esters is 1. The summed E-state index contributed by atoms with van der Waals surface area (Å²) in [6.07, 6.45) is 2.78. The lowest BCUT2D eigenvalue weighted by molar-refractivity contribution is -0.215. The summed E-state index contributed by atoms with van der Waals surface area (Å²) < 4.78 is 22.2. The molecule has 4 atom stereocenters. The van der Waals surface area contributed by atoms with Crippen molar-refractivity contribution in [1.29, 1.82) is 0 Å². The Kier molecular flexibility index (Phi) is 6.37. The largest absolute Gasteiger partial charge is 0.497 e. The van der Waals surface area contributed by atoms with Crippen LogP contribution in [-0.2, 0) is 19.0 Å². The summed E-state index contributed by atoms with van der Waals surface area (Å²) in [6, 6.07) is 17.0. The molecule has 2 aliphatic heterocycles. The number of hydrogen-bond donors (Lipinski definition) is 0. The number of ether oxygens (including phenoxy) is 4. The van der Waals surface area contributed by atoms with E-state index in [9.17, 15) is 9.59 Å². The minimum atomic E-state index is -0.617. The Morgan fingerprint density at radius 1 is 1.00 bits per heavy atom. The van der Waals surface area contributed by atoms with Crippen LogP contribution in [0.2, 0.25) is 0 Å². The fourth-order valence-corrected chi connectivity index (χ4v) is 4.27. The standard InChI is InChI=1S/C25H26O6/c1-28-18-10-8-16(9-11-18)21-15-23(24(27)29-2)31-25-20(21)13-12-19(30-25)14-22(26)17-6-4-3-5-7-17/h3-11,15,19-21,25H,12-14H2,1-2H3/t19-,20-,21-,25+/m1/s1. The zero-order valence-corrected chi connectivity index (χ0v) is 17.7. The molecule has 0 unspecified atom stereocenters. The van der Waals surface area contributed by atoms with Crippen molar-refractivity contribution in [3.63, 3.8) is 0 Å². The number of ketones is 1. The zero-order valence-electron chi connectivity index (χ0n) is 17.7. The summed E-state index contributed by atoms with van der Waals surface area (Å²) >= 11 is 0. The Balaban J connectivity index is 1.53. The van der Waals surface area contributed by atoms with Crippen LogP contribution in [0, 0.1) is 5.92 Å². The number of allylic oxidation sites excluding steroid dienone is 1. The van der Waals surface area contributed by atoms with Gasteiger partial charge < -0.3 is 18.9 Å².